The molecule has 0 aliphatic rings. The first-order valence-electron chi connectivity index (χ1n) is 5.72. The van der Waals surface area contributed by atoms with Gasteiger partial charge in [0.2, 0.25) is 0 Å². The summed E-state index contributed by atoms with van der Waals surface area (Å²) in [6.07, 6.45) is 0. The molecule has 0 bridgehead atoms. The molecule has 1 N–H and O–H groups in total. The third-order valence-electron chi connectivity index (χ3n) is 2.84. The van der Waals surface area contributed by atoms with E-state index in [1.165, 1.54) is 22.9 Å². The van der Waals surface area contributed by atoms with Crippen LogP contribution in [0.15, 0.2) is 30.3 Å². The lowest BCUT2D eigenvalue weighted by Crippen LogP contribution is -2.16. The SMILES string of the molecule is CNC(c1ccc(OC)c(F)c1)c1ccc(C)s1. The maximum absolute atomic E-state index is 13.7. The van der Waals surface area contributed by atoms with Crippen molar-refractivity contribution < 1.29 is 9.13 Å². The van der Waals surface area contributed by atoms with E-state index in [9.17, 15) is 4.39 Å². The standard InChI is InChI=1S/C14H16FNOS/c1-9-4-7-13(18-9)14(16-2)10-5-6-12(17-3)11(15)8-10/h4-8,14,16H,1-3H3. The van der Waals surface area contributed by atoms with Gasteiger partial charge in [0, 0.05) is 9.75 Å². The Morgan fingerprint density at radius 1 is 1.28 bits per heavy atom. The van der Waals surface area contributed by atoms with Crippen LogP contribution in [0.1, 0.15) is 21.4 Å². The Balaban J connectivity index is 2.36. The summed E-state index contributed by atoms with van der Waals surface area (Å²) in [7, 11) is 3.35. The van der Waals surface area contributed by atoms with Gasteiger partial charge in [-0.1, -0.05) is 6.07 Å². The average molecular weight is 265 g/mol. The Labute approximate surface area is 110 Å². The van der Waals surface area contributed by atoms with Crippen LogP contribution >= 0.6 is 11.3 Å². The van der Waals surface area contributed by atoms with Gasteiger partial charge in [0.05, 0.1) is 13.2 Å². The molecular formula is C14H16FNOS. The van der Waals surface area contributed by atoms with Gasteiger partial charge in [-0.25, -0.2) is 4.39 Å². The van der Waals surface area contributed by atoms with E-state index in [1.807, 2.05) is 13.1 Å². The van der Waals surface area contributed by atoms with Crippen molar-refractivity contribution in [3.05, 3.63) is 51.5 Å². The van der Waals surface area contributed by atoms with Gasteiger partial charge < -0.3 is 10.1 Å². The smallest absolute Gasteiger partial charge is 0.165 e. The number of aryl methyl sites for hydroxylation is 1. The van der Waals surface area contributed by atoms with Crippen LogP contribution < -0.4 is 10.1 Å². The van der Waals surface area contributed by atoms with Gasteiger partial charge >= 0.3 is 0 Å². The van der Waals surface area contributed by atoms with Crippen molar-refractivity contribution in [2.24, 2.45) is 0 Å². The highest BCUT2D eigenvalue weighted by Crippen LogP contribution is 2.30. The van der Waals surface area contributed by atoms with Crippen LogP contribution in [0, 0.1) is 12.7 Å². The first kappa shape index (κ1) is 13.1. The van der Waals surface area contributed by atoms with E-state index >= 15 is 0 Å². The molecule has 0 spiro atoms. The predicted molar refractivity (Wildman–Crippen MR) is 72.9 cm³/mol. The number of benzene rings is 1. The van der Waals surface area contributed by atoms with Gasteiger partial charge in [-0.15, -0.1) is 11.3 Å². The minimum absolute atomic E-state index is 0.0177. The highest BCUT2D eigenvalue weighted by molar-refractivity contribution is 7.12. The molecule has 0 fully saturated rings. The summed E-state index contributed by atoms with van der Waals surface area (Å²) >= 11 is 1.71. The van der Waals surface area contributed by atoms with Crippen molar-refractivity contribution in [2.75, 3.05) is 14.2 Å². The Morgan fingerprint density at radius 3 is 2.56 bits per heavy atom. The lowest BCUT2D eigenvalue weighted by molar-refractivity contribution is 0.386. The molecule has 1 aromatic heterocycles. The molecule has 18 heavy (non-hydrogen) atoms. The molecule has 0 aliphatic carbocycles. The van der Waals surface area contributed by atoms with Crippen LogP contribution in [0.5, 0.6) is 5.75 Å². The third-order valence-corrected chi connectivity index (χ3v) is 3.91. The molecule has 1 heterocycles. The molecule has 1 atom stereocenters. The van der Waals surface area contributed by atoms with Gasteiger partial charge in [-0.05, 0) is 43.8 Å². The molecule has 0 aliphatic heterocycles. The Hall–Kier alpha value is -1.39. The van der Waals surface area contributed by atoms with Crippen molar-refractivity contribution in [3.63, 3.8) is 0 Å². The number of methoxy groups -OCH3 is 1. The summed E-state index contributed by atoms with van der Waals surface area (Å²) in [6, 6.07) is 9.24. The van der Waals surface area contributed by atoms with Crippen LogP contribution in [-0.2, 0) is 0 Å². The van der Waals surface area contributed by atoms with E-state index in [0.29, 0.717) is 0 Å². The van der Waals surface area contributed by atoms with E-state index < -0.39 is 0 Å². The molecule has 96 valence electrons. The molecule has 4 heteroatoms. The van der Waals surface area contributed by atoms with Gasteiger partial charge in [0.25, 0.3) is 0 Å². The van der Waals surface area contributed by atoms with E-state index in [2.05, 4.69) is 24.4 Å². The fraction of sp³-hybridized carbons (Fsp3) is 0.286. The Kier molecular flexibility index (Phi) is 3.99. The molecule has 0 amide bonds. The number of ether oxygens (including phenoxy) is 1. The van der Waals surface area contributed by atoms with E-state index in [0.717, 1.165) is 5.56 Å². The summed E-state index contributed by atoms with van der Waals surface area (Å²) in [5.41, 5.74) is 0.901. The second-order valence-electron chi connectivity index (χ2n) is 4.06. The van der Waals surface area contributed by atoms with E-state index in [1.54, 1.807) is 17.4 Å². The summed E-state index contributed by atoms with van der Waals surface area (Å²) in [5.74, 6) is -0.0560. The maximum atomic E-state index is 13.7. The summed E-state index contributed by atoms with van der Waals surface area (Å²) in [4.78, 5) is 2.43. The number of rotatable bonds is 4. The van der Waals surface area contributed by atoms with Crippen LogP contribution in [0.2, 0.25) is 0 Å². The molecule has 0 radical (unpaired) electrons. The van der Waals surface area contributed by atoms with Gasteiger partial charge in [-0.3, -0.25) is 0 Å². The molecular weight excluding hydrogens is 249 g/mol. The average Bonchev–Trinajstić information content (AvgIpc) is 2.77. The minimum atomic E-state index is -0.330. The minimum Gasteiger partial charge on any atom is -0.494 e. The van der Waals surface area contributed by atoms with Crippen molar-refractivity contribution in [2.45, 2.75) is 13.0 Å². The number of thiophene rings is 1. The second-order valence-corrected chi connectivity index (χ2v) is 5.38. The predicted octanol–water partition coefficient (Wildman–Crippen LogP) is 3.51. The fourth-order valence-electron chi connectivity index (χ4n) is 1.94. The maximum Gasteiger partial charge on any atom is 0.165 e. The van der Waals surface area contributed by atoms with Gasteiger partial charge in [0.15, 0.2) is 11.6 Å². The van der Waals surface area contributed by atoms with Crippen molar-refractivity contribution >= 4 is 11.3 Å². The summed E-state index contributed by atoms with van der Waals surface area (Å²) in [5, 5.41) is 3.22. The largest absolute Gasteiger partial charge is 0.494 e. The monoisotopic (exact) mass is 265 g/mol. The first-order chi connectivity index (χ1) is 8.65. The Bertz CT molecular complexity index is 538. The number of halogens is 1. The normalized spacial score (nSPS) is 12.4. The van der Waals surface area contributed by atoms with Gasteiger partial charge in [-0.2, -0.15) is 0 Å². The Morgan fingerprint density at radius 2 is 2.06 bits per heavy atom. The quantitative estimate of drug-likeness (QED) is 0.913. The summed E-state index contributed by atoms with van der Waals surface area (Å²) in [6.45, 7) is 2.06. The zero-order chi connectivity index (χ0) is 13.1. The van der Waals surface area contributed by atoms with Crippen LogP contribution in [0.25, 0.3) is 0 Å². The second kappa shape index (κ2) is 5.50. The highest BCUT2D eigenvalue weighted by atomic mass is 32.1. The lowest BCUT2D eigenvalue weighted by atomic mass is 10.1. The highest BCUT2D eigenvalue weighted by Gasteiger charge is 2.15. The first-order valence-corrected chi connectivity index (χ1v) is 6.54. The molecule has 1 unspecified atom stereocenters. The molecule has 2 aromatic rings. The molecule has 2 rings (SSSR count). The van der Waals surface area contributed by atoms with Gasteiger partial charge in [0.1, 0.15) is 0 Å². The number of nitrogens with one attached hydrogen (secondary N) is 1. The zero-order valence-electron chi connectivity index (χ0n) is 10.7. The fourth-order valence-corrected chi connectivity index (χ4v) is 2.96. The molecule has 1 aromatic carbocycles. The molecule has 2 nitrogen and oxygen atoms in total. The van der Waals surface area contributed by atoms with E-state index in [-0.39, 0.29) is 17.6 Å². The number of hydrogen-bond donors (Lipinski definition) is 1. The molecule has 0 saturated carbocycles. The third kappa shape index (κ3) is 2.54. The topological polar surface area (TPSA) is 21.3 Å². The van der Waals surface area contributed by atoms with Crippen LogP contribution in [-0.4, -0.2) is 14.2 Å². The lowest BCUT2D eigenvalue weighted by Gasteiger charge is -2.15. The summed E-state index contributed by atoms with van der Waals surface area (Å²) < 4.78 is 18.6. The van der Waals surface area contributed by atoms with Crippen molar-refractivity contribution in [3.8, 4) is 5.75 Å². The zero-order valence-corrected chi connectivity index (χ0v) is 11.5. The number of hydrogen-bond acceptors (Lipinski definition) is 3. The van der Waals surface area contributed by atoms with Crippen molar-refractivity contribution in [1.29, 1.82) is 0 Å². The van der Waals surface area contributed by atoms with E-state index in [4.69, 9.17) is 4.74 Å². The van der Waals surface area contributed by atoms with Crippen LogP contribution in [0.3, 0.4) is 0 Å². The molecule has 0 saturated heterocycles. The van der Waals surface area contributed by atoms with Crippen molar-refractivity contribution in [1.82, 2.24) is 5.32 Å². The van der Waals surface area contributed by atoms with Crippen LogP contribution in [0.4, 0.5) is 4.39 Å².